The first kappa shape index (κ1) is 13.5. The number of ether oxygens (including phenoxy) is 1. The van der Waals surface area contributed by atoms with E-state index in [-0.39, 0.29) is 17.6 Å². The summed E-state index contributed by atoms with van der Waals surface area (Å²) in [6, 6.07) is 5.01. The molecule has 0 heterocycles. The van der Waals surface area contributed by atoms with Crippen LogP contribution in [0, 0.1) is 18.2 Å². The molecule has 17 heavy (non-hydrogen) atoms. The average Bonchev–Trinajstić information content (AvgIpc) is 2.32. The smallest absolute Gasteiger partial charge is 0.165 e. The molecule has 0 aromatic heterocycles. The van der Waals surface area contributed by atoms with Crippen molar-refractivity contribution in [1.82, 2.24) is 0 Å². The normalized spacial score (nSPS) is 11.9. The van der Waals surface area contributed by atoms with Gasteiger partial charge in [-0.25, -0.2) is 4.39 Å². The molecule has 1 atom stereocenters. The van der Waals surface area contributed by atoms with Crippen LogP contribution in [0.1, 0.15) is 25.3 Å². The van der Waals surface area contributed by atoms with Crippen molar-refractivity contribution in [3.8, 4) is 18.1 Å². The van der Waals surface area contributed by atoms with E-state index in [4.69, 9.17) is 16.9 Å². The lowest BCUT2D eigenvalue weighted by Crippen LogP contribution is -2.21. The Balaban J connectivity index is 2.63. The summed E-state index contributed by atoms with van der Waals surface area (Å²) < 4.78 is 18.8. The molecule has 2 N–H and O–H groups in total. The monoisotopic (exact) mass is 235 g/mol. The molecule has 0 aliphatic heterocycles. The Kier molecular flexibility index (Phi) is 5.51. The molecule has 1 aromatic carbocycles. The van der Waals surface area contributed by atoms with Crippen molar-refractivity contribution in [2.24, 2.45) is 5.73 Å². The van der Waals surface area contributed by atoms with E-state index in [2.05, 4.69) is 5.92 Å². The van der Waals surface area contributed by atoms with E-state index in [0.29, 0.717) is 19.4 Å². The largest absolute Gasteiger partial charge is 0.490 e. The first-order chi connectivity index (χ1) is 8.17. The maximum absolute atomic E-state index is 13.6. The summed E-state index contributed by atoms with van der Waals surface area (Å²) in [5.74, 6) is 2.32. The van der Waals surface area contributed by atoms with Gasteiger partial charge in [0.25, 0.3) is 0 Å². The Bertz CT molecular complexity index is 398. The van der Waals surface area contributed by atoms with Crippen LogP contribution in [0.5, 0.6) is 5.75 Å². The first-order valence-corrected chi connectivity index (χ1v) is 5.77. The highest BCUT2D eigenvalue weighted by molar-refractivity contribution is 5.29. The van der Waals surface area contributed by atoms with Gasteiger partial charge < -0.3 is 10.5 Å². The van der Waals surface area contributed by atoms with Gasteiger partial charge in [-0.15, -0.1) is 12.3 Å². The fourth-order valence-electron chi connectivity index (χ4n) is 1.46. The predicted molar refractivity (Wildman–Crippen MR) is 67.3 cm³/mol. The van der Waals surface area contributed by atoms with Gasteiger partial charge in [-0.3, -0.25) is 0 Å². The third-order valence-corrected chi connectivity index (χ3v) is 2.52. The summed E-state index contributed by atoms with van der Waals surface area (Å²) >= 11 is 0. The number of hydrogen-bond acceptors (Lipinski definition) is 2. The van der Waals surface area contributed by atoms with Crippen LogP contribution in [-0.4, -0.2) is 12.6 Å². The van der Waals surface area contributed by atoms with E-state index in [9.17, 15) is 4.39 Å². The second kappa shape index (κ2) is 6.93. The summed E-state index contributed by atoms with van der Waals surface area (Å²) in [5.41, 5.74) is 6.71. The molecule has 0 spiro atoms. The fourth-order valence-corrected chi connectivity index (χ4v) is 1.46. The van der Waals surface area contributed by atoms with Crippen LogP contribution >= 0.6 is 0 Å². The fraction of sp³-hybridized carbons (Fsp3) is 0.429. The average molecular weight is 235 g/mol. The van der Waals surface area contributed by atoms with Gasteiger partial charge in [0, 0.05) is 12.5 Å². The van der Waals surface area contributed by atoms with Gasteiger partial charge >= 0.3 is 0 Å². The topological polar surface area (TPSA) is 35.2 Å². The zero-order chi connectivity index (χ0) is 12.7. The molecule has 0 fully saturated rings. The van der Waals surface area contributed by atoms with E-state index in [0.717, 1.165) is 12.0 Å². The molecule has 0 radical (unpaired) electrons. The molecule has 0 amide bonds. The molecular formula is C14H18FNO. The van der Waals surface area contributed by atoms with Crippen molar-refractivity contribution in [2.45, 2.75) is 32.2 Å². The summed E-state index contributed by atoms with van der Waals surface area (Å²) in [7, 11) is 0. The van der Waals surface area contributed by atoms with E-state index >= 15 is 0 Å². The zero-order valence-corrected chi connectivity index (χ0v) is 10.1. The van der Waals surface area contributed by atoms with Crippen LogP contribution in [0.25, 0.3) is 0 Å². The lowest BCUT2D eigenvalue weighted by atomic mass is 10.0. The van der Waals surface area contributed by atoms with Gasteiger partial charge in [0.05, 0.1) is 6.61 Å². The lowest BCUT2D eigenvalue weighted by Gasteiger charge is -2.10. The third-order valence-electron chi connectivity index (χ3n) is 2.52. The van der Waals surface area contributed by atoms with Gasteiger partial charge in [-0.05, 0) is 30.5 Å². The minimum atomic E-state index is -0.358. The second-order valence-electron chi connectivity index (χ2n) is 3.94. The van der Waals surface area contributed by atoms with Gasteiger partial charge in [-0.2, -0.15) is 0 Å². The lowest BCUT2D eigenvalue weighted by molar-refractivity contribution is 0.310. The molecule has 0 saturated heterocycles. The predicted octanol–water partition coefficient (Wildman–Crippen LogP) is 2.51. The minimum Gasteiger partial charge on any atom is -0.490 e. The molecule has 1 rings (SSSR count). The second-order valence-corrected chi connectivity index (χ2v) is 3.94. The quantitative estimate of drug-likeness (QED) is 0.607. The van der Waals surface area contributed by atoms with Crippen LogP contribution in [-0.2, 0) is 6.42 Å². The molecular weight excluding hydrogens is 217 g/mol. The van der Waals surface area contributed by atoms with E-state index in [1.165, 1.54) is 6.07 Å². The van der Waals surface area contributed by atoms with E-state index in [1.54, 1.807) is 6.07 Å². The third kappa shape index (κ3) is 4.46. The molecule has 1 unspecified atom stereocenters. The number of hydrogen-bond donors (Lipinski definition) is 1. The summed E-state index contributed by atoms with van der Waals surface area (Å²) in [4.78, 5) is 0. The number of halogens is 1. The highest BCUT2D eigenvalue weighted by atomic mass is 19.1. The van der Waals surface area contributed by atoms with Gasteiger partial charge in [0.2, 0.25) is 0 Å². The summed E-state index contributed by atoms with van der Waals surface area (Å²) in [5, 5.41) is 0. The molecule has 92 valence electrons. The standard InChI is InChI=1S/C14H18FNO/c1-3-5-8-17-14-7-6-11(10-13(14)15)9-12(16)4-2/h1,6-7,10,12H,4-5,8-9,16H2,2H3. The van der Waals surface area contributed by atoms with Crippen LogP contribution in [0.15, 0.2) is 18.2 Å². The summed E-state index contributed by atoms with van der Waals surface area (Å²) in [6.45, 7) is 2.35. The summed E-state index contributed by atoms with van der Waals surface area (Å²) in [6.07, 6.45) is 7.12. The maximum Gasteiger partial charge on any atom is 0.165 e. The minimum absolute atomic E-state index is 0.0719. The van der Waals surface area contributed by atoms with Crippen molar-refractivity contribution < 1.29 is 9.13 Å². The van der Waals surface area contributed by atoms with Gasteiger partial charge in [-0.1, -0.05) is 13.0 Å². The van der Waals surface area contributed by atoms with Crippen LogP contribution in [0.2, 0.25) is 0 Å². The van der Waals surface area contributed by atoms with Crippen molar-refractivity contribution in [3.63, 3.8) is 0 Å². The van der Waals surface area contributed by atoms with Gasteiger partial charge in [0.15, 0.2) is 11.6 Å². The Labute approximate surface area is 102 Å². The highest BCUT2D eigenvalue weighted by Gasteiger charge is 2.07. The van der Waals surface area contributed by atoms with Crippen molar-refractivity contribution in [3.05, 3.63) is 29.6 Å². The molecule has 0 aliphatic carbocycles. The molecule has 0 saturated carbocycles. The number of terminal acetylenes is 1. The van der Waals surface area contributed by atoms with Crippen molar-refractivity contribution in [1.29, 1.82) is 0 Å². The van der Waals surface area contributed by atoms with Crippen LogP contribution in [0.4, 0.5) is 4.39 Å². The van der Waals surface area contributed by atoms with E-state index in [1.807, 2.05) is 13.0 Å². The number of nitrogens with two attached hydrogens (primary N) is 1. The first-order valence-electron chi connectivity index (χ1n) is 5.77. The number of benzene rings is 1. The molecule has 0 bridgehead atoms. The SMILES string of the molecule is C#CCCOc1ccc(CC(N)CC)cc1F. The maximum atomic E-state index is 13.6. The molecule has 2 nitrogen and oxygen atoms in total. The van der Waals surface area contributed by atoms with Crippen LogP contribution < -0.4 is 10.5 Å². The molecule has 3 heteroatoms. The van der Waals surface area contributed by atoms with Crippen molar-refractivity contribution >= 4 is 0 Å². The molecule has 0 aliphatic rings. The number of rotatable bonds is 6. The Morgan fingerprint density at radius 2 is 2.29 bits per heavy atom. The Hall–Kier alpha value is -1.53. The Morgan fingerprint density at radius 3 is 2.88 bits per heavy atom. The zero-order valence-electron chi connectivity index (χ0n) is 10.1. The highest BCUT2D eigenvalue weighted by Crippen LogP contribution is 2.19. The Morgan fingerprint density at radius 1 is 1.53 bits per heavy atom. The van der Waals surface area contributed by atoms with Crippen LogP contribution in [0.3, 0.4) is 0 Å². The van der Waals surface area contributed by atoms with Gasteiger partial charge in [0.1, 0.15) is 0 Å². The van der Waals surface area contributed by atoms with Crippen molar-refractivity contribution in [2.75, 3.05) is 6.61 Å². The van der Waals surface area contributed by atoms with E-state index < -0.39 is 0 Å². The molecule has 1 aromatic rings.